The lowest BCUT2D eigenvalue weighted by atomic mass is 10.2. The van der Waals surface area contributed by atoms with E-state index in [0.29, 0.717) is 15.6 Å². The Kier molecular flexibility index (Phi) is 6.05. The maximum atomic E-state index is 12.9. The molecule has 0 radical (unpaired) electrons. The zero-order valence-electron chi connectivity index (χ0n) is 14.4. The third kappa shape index (κ3) is 4.48. The van der Waals surface area contributed by atoms with Gasteiger partial charge < -0.3 is 5.32 Å². The Labute approximate surface area is 182 Å². The molecule has 0 saturated heterocycles. The normalized spacial score (nSPS) is 11.7. The first-order valence-electron chi connectivity index (χ1n) is 7.76. The molecule has 154 valence electrons. The fraction of sp³-hybridized carbons (Fsp3) is 0.188. The van der Waals surface area contributed by atoms with Crippen LogP contribution in [0.1, 0.15) is 21.7 Å². The lowest BCUT2D eigenvalue weighted by molar-refractivity contribution is -0.141. The number of anilines is 1. The number of alkyl halides is 3. The minimum Gasteiger partial charge on any atom is -0.302 e. The Morgan fingerprint density at radius 2 is 1.72 bits per heavy atom. The summed E-state index contributed by atoms with van der Waals surface area (Å²) in [4.78, 5) is 12.5. The Morgan fingerprint density at radius 1 is 1.10 bits per heavy atom. The fourth-order valence-corrected chi connectivity index (χ4v) is 3.57. The summed E-state index contributed by atoms with van der Waals surface area (Å²) in [7, 11) is 1.16. The average Bonchev–Trinajstić information content (AvgIpc) is 3.10. The van der Waals surface area contributed by atoms with Crippen LogP contribution >= 0.6 is 46.4 Å². The highest BCUT2D eigenvalue weighted by molar-refractivity contribution is 6.36. The van der Waals surface area contributed by atoms with Gasteiger partial charge in [0.1, 0.15) is 15.7 Å². The van der Waals surface area contributed by atoms with Crippen molar-refractivity contribution in [1.82, 2.24) is 19.6 Å². The highest BCUT2D eigenvalue weighted by Crippen LogP contribution is 2.35. The van der Waals surface area contributed by atoms with Crippen LogP contribution in [-0.4, -0.2) is 25.5 Å². The molecule has 0 aliphatic rings. The van der Waals surface area contributed by atoms with E-state index in [-0.39, 0.29) is 17.4 Å². The smallest absolute Gasteiger partial charge is 0.302 e. The van der Waals surface area contributed by atoms with Gasteiger partial charge in [0.15, 0.2) is 11.5 Å². The molecule has 0 bridgehead atoms. The number of amides is 1. The van der Waals surface area contributed by atoms with Gasteiger partial charge in [-0.1, -0.05) is 52.5 Å². The maximum Gasteiger partial charge on any atom is 0.436 e. The Balaban J connectivity index is 1.85. The van der Waals surface area contributed by atoms with Gasteiger partial charge in [0.25, 0.3) is 5.91 Å². The molecule has 29 heavy (non-hydrogen) atoms. The number of aromatic nitrogens is 4. The van der Waals surface area contributed by atoms with Gasteiger partial charge in [0, 0.05) is 28.9 Å². The van der Waals surface area contributed by atoms with Crippen molar-refractivity contribution in [2.45, 2.75) is 12.7 Å². The van der Waals surface area contributed by atoms with Crippen LogP contribution in [0.3, 0.4) is 0 Å². The maximum absolute atomic E-state index is 12.9. The molecule has 2 heterocycles. The summed E-state index contributed by atoms with van der Waals surface area (Å²) in [5, 5.41) is 9.75. The molecule has 0 spiro atoms. The molecule has 2 aromatic heterocycles. The Hall–Kier alpha value is -1.94. The van der Waals surface area contributed by atoms with Crippen LogP contribution in [0.25, 0.3) is 0 Å². The number of nitrogens with one attached hydrogen (secondary N) is 1. The molecular formula is C16H10Cl4F3N5O. The van der Waals surface area contributed by atoms with Crippen molar-refractivity contribution in [2.24, 2.45) is 7.05 Å². The minimum atomic E-state index is -4.80. The third-order valence-electron chi connectivity index (χ3n) is 3.80. The van der Waals surface area contributed by atoms with Crippen LogP contribution in [-0.2, 0) is 19.8 Å². The number of hydrogen-bond donors (Lipinski definition) is 1. The summed E-state index contributed by atoms with van der Waals surface area (Å²) in [5.41, 5.74) is -1.27. The van der Waals surface area contributed by atoms with Crippen molar-refractivity contribution in [2.75, 3.05) is 5.32 Å². The summed E-state index contributed by atoms with van der Waals surface area (Å²) < 4.78 is 40.9. The molecule has 13 heteroatoms. The number of carbonyl (C=O) groups is 1. The number of benzene rings is 1. The molecule has 6 nitrogen and oxygen atoms in total. The summed E-state index contributed by atoms with van der Waals surface area (Å²) in [6, 6.07) is 4.99. The van der Waals surface area contributed by atoms with Gasteiger partial charge in [0.05, 0.1) is 6.54 Å². The van der Waals surface area contributed by atoms with Gasteiger partial charge >= 0.3 is 6.18 Å². The Bertz CT molecular complexity index is 1070. The van der Waals surface area contributed by atoms with Crippen molar-refractivity contribution < 1.29 is 18.0 Å². The predicted octanol–water partition coefficient (Wildman–Crippen LogP) is 5.55. The highest BCUT2D eigenvalue weighted by Gasteiger charge is 2.39. The SMILES string of the molecule is Cn1nc(C(F)(F)F)c(Cl)c1C(=O)Nc1nn(Cc2c(Cl)cccc2Cl)cc1Cl. The zero-order chi connectivity index (χ0) is 21.5. The summed E-state index contributed by atoms with van der Waals surface area (Å²) >= 11 is 24.0. The van der Waals surface area contributed by atoms with E-state index in [2.05, 4.69) is 15.5 Å². The van der Waals surface area contributed by atoms with Gasteiger partial charge in [-0.3, -0.25) is 14.2 Å². The molecule has 0 unspecified atom stereocenters. The summed E-state index contributed by atoms with van der Waals surface area (Å²) in [5.74, 6) is -1.03. The van der Waals surface area contributed by atoms with Gasteiger partial charge in [-0.15, -0.1) is 0 Å². The van der Waals surface area contributed by atoms with E-state index in [4.69, 9.17) is 46.4 Å². The quantitative estimate of drug-likeness (QED) is 0.525. The third-order valence-corrected chi connectivity index (χ3v) is 5.15. The largest absolute Gasteiger partial charge is 0.436 e. The lowest BCUT2D eigenvalue weighted by Gasteiger charge is -2.07. The van der Waals surface area contributed by atoms with Gasteiger partial charge in [-0.05, 0) is 12.1 Å². The van der Waals surface area contributed by atoms with Crippen LogP contribution < -0.4 is 5.32 Å². The van der Waals surface area contributed by atoms with Crippen molar-refractivity contribution >= 4 is 58.1 Å². The lowest BCUT2D eigenvalue weighted by Crippen LogP contribution is -2.17. The molecule has 0 aliphatic heterocycles. The number of hydrogen-bond acceptors (Lipinski definition) is 3. The minimum absolute atomic E-state index is 0.0517. The summed E-state index contributed by atoms with van der Waals surface area (Å²) in [6.45, 7) is 0.152. The molecule has 0 aliphatic carbocycles. The molecular weight excluding hydrogens is 477 g/mol. The second kappa shape index (κ2) is 8.06. The average molecular weight is 487 g/mol. The first-order chi connectivity index (χ1) is 13.5. The van der Waals surface area contributed by atoms with E-state index < -0.39 is 28.5 Å². The topological polar surface area (TPSA) is 64.7 Å². The van der Waals surface area contributed by atoms with E-state index in [1.54, 1.807) is 18.2 Å². The van der Waals surface area contributed by atoms with E-state index >= 15 is 0 Å². The second-order valence-electron chi connectivity index (χ2n) is 5.81. The fourth-order valence-electron chi connectivity index (χ4n) is 2.50. The van der Waals surface area contributed by atoms with Gasteiger partial charge in [-0.25, -0.2) is 0 Å². The van der Waals surface area contributed by atoms with Crippen LogP contribution in [0.15, 0.2) is 24.4 Å². The van der Waals surface area contributed by atoms with Crippen LogP contribution in [0, 0.1) is 0 Å². The van der Waals surface area contributed by atoms with Crippen LogP contribution in [0.5, 0.6) is 0 Å². The first-order valence-corrected chi connectivity index (χ1v) is 9.27. The van der Waals surface area contributed by atoms with Crippen molar-refractivity contribution in [3.05, 3.63) is 61.4 Å². The van der Waals surface area contributed by atoms with Gasteiger partial charge in [-0.2, -0.15) is 23.4 Å². The molecule has 1 aromatic carbocycles. The van der Waals surface area contributed by atoms with Crippen molar-refractivity contribution in [3.63, 3.8) is 0 Å². The van der Waals surface area contributed by atoms with Crippen molar-refractivity contribution in [3.8, 4) is 0 Å². The summed E-state index contributed by atoms with van der Waals surface area (Å²) in [6.07, 6.45) is -3.40. The van der Waals surface area contributed by atoms with Crippen LogP contribution in [0.4, 0.5) is 19.0 Å². The van der Waals surface area contributed by atoms with Gasteiger partial charge in [0.2, 0.25) is 0 Å². The Morgan fingerprint density at radius 3 is 2.28 bits per heavy atom. The van der Waals surface area contributed by atoms with Crippen molar-refractivity contribution in [1.29, 1.82) is 0 Å². The number of nitrogens with zero attached hydrogens (tertiary/aromatic N) is 4. The first kappa shape index (κ1) is 21.8. The number of aryl methyl sites for hydroxylation is 1. The van der Waals surface area contributed by atoms with E-state index in [9.17, 15) is 18.0 Å². The molecule has 0 atom stereocenters. The molecule has 0 fully saturated rings. The highest BCUT2D eigenvalue weighted by atomic mass is 35.5. The standard InChI is InChI=1S/C16H10Cl4F3N5O/c1-27-12(11(20)13(25-27)16(21,22)23)15(29)24-14-10(19)6-28(26-14)5-7-8(17)3-2-4-9(7)18/h2-4,6H,5H2,1H3,(H,24,26,29). The second-order valence-corrected chi connectivity index (χ2v) is 7.41. The van der Waals surface area contributed by atoms with Crippen LogP contribution in [0.2, 0.25) is 20.1 Å². The predicted molar refractivity (Wildman–Crippen MR) is 104 cm³/mol. The molecule has 3 aromatic rings. The number of carbonyl (C=O) groups excluding carboxylic acids is 1. The number of rotatable bonds is 4. The molecule has 3 rings (SSSR count). The number of halogens is 7. The van der Waals surface area contributed by atoms with E-state index in [1.165, 1.54) is 10.9 Å². The molecule has 0 saturated carbocycles. The van der Waals surface area contributed by atoms with E-state index in [0.717, 1.165) is 11.7 Å². The molecule has 1 amide bonds. The molecule has 1 N–H and O–H groups in total. The monoisotopic (exact) mass is 485 g/mol. The zero-order valence-corrected chi connectivity index (χ0v) is 17.4. The van der Waals surface area contributed by atoms with E-state index in [1.807, 2.05) is 0 Å².